The van der Waals surface area contributed by atoms with Crippen LogP contribution in [-0.4, -0.2) is 52.0 Å². The van der Waals surface area contributed by atoms with E-state index in [1.807, 2.05) is 31.2 Å². The standard InChI is InChI=1S/C20H26N2O3S/c1-2-24-12-6-9-21-19(23)18-15-17(16-7-4-3-5-8-16)20(26-18)22-10-13-25-14-11-22/h3-5,7-8,15H,2,6,9-14H2,1H3,(H,21,23). The van der Waals surface area contributed by atoms with E-state index in [4.69, 9.17) is 9.47 Å². The second-order valence-corrected chi connectivity index (χ2v) is 7.13. The molecule has 1 aromatic heterocycles. The summed E-state index contributed by atoms with van der Waals surface area (Å²) >= 11 is 1.56. The Labute approximate surface area is 158 Å². The Morgan fingerprint density at radius 3 is 2.77 bits per heavy atom. The second kappa shape index (κ2) is 9.71. The number of benzene rings is 1. The van der Waals surface area contributed by atoms with Crippen LogP contribution in [0.25, 0.3) is 11.1 Å². The van der Waals surface area contributed by atoms with Crippen LogP contribution < -0.4 is 10.2 Å². The van der Waals surface area contributed by atoms with E-state index in [0.29, 0.717) is 19.8 Å². The summed E-state index contributed by atoms with van der Waals surface area (Å²) in [6.07, 6.45) is 0.826. The summed E-state index contributed by atoms with van der Waals surface area (Å²) in [5.74, 6) is -0.0109. The lowest BCUT2D eigenvalue weighted by Crippen LogP contribution is -2.35. The Balaban J connectivity index is 1.76. The number of thiophene rings is 1. The summed E-state index contributed by atoms with van der Waals surface area (Å²) in [5.41, 5.74) is 2.26. The van der Waals surface area contributed by atoms with Crippen molar-refractivity contribution in [1.29, 1.82) is 0 Å². The maximum atomic E-state index is 12.6. The van der Waals surface area contributed by atoms with E-state index < -0.39 is 0 Å². The van der Waals surface area contributed by atoms with Crippen LogP contribution in [0.15, 0.2) is 36.4 Å². The number of carbonyl (C=O) groups excluding carboxylic acids is 1. The Bertz CT molecular complexity index is 696. The minimum Gasteiger partial charge on any atom is -0.382 e. The van der Waals surface area contributed by atoms with E-state index >= 15 is 0 Å². The molecule has 0 atom stereocenters. The summed E-state index contributed by atoms with van der Waals surface area (Å²) in [7, 11) is 0. The third-order valence-electron chi connectivity index (χ3n) is 4.27. The molecule has 6 heteroatoms. The van der Waals surface area contributed by atoms with E-state index in [1.165, 1.54) is 0 Å². The molecule has 140 valence electrons. The number of rotatable bonds is 8. The Morgan fingerprint density at radius 2 is 2.04 bits per heavy atom. The van der Waals surface area contributed by atoms with Crippen molar-refractivity contribution < 1.29 is 14.3 Å². The first-order chi connectivity index (χ1) is 12.8. The molecule has 5 nitrogen and oxygen atoms in total. The Morgan fingerprint density at radius 1 is 1.27 bits per heavy atom. The van der Waals surface area contributed by atoms with Crippen LogP contribution in [0.1, 0.15) is 23.0 Å². The van der Waals surface area contributed by atoms with Crippen LogP contribution in [0.2, 0.25) is 0 Å². The van der Waals surface area contributed by atoms with Crippen LogP contribution in [0.4, 0.5) is 5.00 Å². The van der Waals surface area contributed by atoms with Gasteiger partial charge in [-0.2, -0.15) is 0 Å². The summed E-state index contributed by atoms with van der Waals surface area (Å²) < 4.78 is 10.8. The third-order valence-corrected chi connectivity index (χ3v) is 5.47. The topological polar surface area (TPSA) is 50.8 Å². The third kappa shape index (κ3) is 4.84. The molecule has 1 aromatic carbocycles. The molecule has 1 fully saturated rings. The molecule has 1 saturated heterocycles. The average Bonchev–Trinajstić information content (AvgIpc) is 3.15. The summed E-state index contributed by atoms with van der Waals surface area (Å²) in [5, 5.41) is 4.15. The summed E-state index contributed by atoms with van der Waals surface area (Å²) in [6, 6.07) is 12.3. The molecule has 0 aliphatic carbocycles. The van der Waals surface area contributed by atoms with Gasteiger partial charge in [-0.25, -0.2) is 0 Å². The summed E-state index contributed by atoms with van der Waals surface area (Å²) in [6.45, 7) is 7.16. The molecule has 0 saturated carbocycles. The smallest absolute Gasteiger partial charge is 0.261 e. The first-order valence-corrected chi connectivity index (χ1v) is 9.99. The quantitative estimate of drug-likeness (QED) is 0.720. The molecule has 1 N–H and O–H groups in total. The predicted octanol–water partition coefficient (Wildman–Crippen LogP) is 3.41. The van der Waals surface area contributed by atoms with Crippen molar-refractivity contribution in [3.8, 4) is 11.1 Å². The first kappa shape index (κ1) is 18.9. The molecule has 26 heavy (non-hydrogen) atoms. The molecule has 0 bridgehead atoms. The van der Waals surface area contributed by atoms with Gasteiger partial charge in [0.1, 0.15) is 0 Å². The van der Waals surface area contributed by atoms with E-state index in [0.717, 1.165) is 53.7 Å². The maximum absolute atomic E-state index is 12.6. The van der Waals surface area contributed by atoms with Gasteiger partial charge in [-0.3, -0.25) is 4.79 Å². The van der Waals surface area contributed by atoms with Gasteiger partial charge in [0.2, 0.25) is 0 Å². The van der Waals surface area contributed by atoms with Gasteiger partial charge in [-0.1, -0.05) is 30.3 Å². The molecule has 2 aromatic rings. The number of amides is 1. The second-order valence-electron chi connectivity index (χ2n) is 6.10. The molecule has 0 spiro atoms. The van der Waals surface area contributed by atoms with Crippen LogP contribution in [0.3, 0.4) is 0 Å². The lowest BCUT2D eigenvalue weighted by Gasteiger charge is -2.28. The van der Waals surface area contributed by atoms with Crippen molar-refractivity contribution >= 4 is 22.2 Å². The van der Waals surface area contributed by atoms with Gasteiger partial charge in [-0.05, 0) is 25.0 Å². The number of morpholine rings is 1. The lowest BCUT2D eigenvalue weighted by molar-refractivity contribution is 0.0948. The Hall–Kier alpha value is -1.89. The number of carbonyl (C=O) groups is 1. The van der Waals surface area contributed by atoms with E-state index in [2.05, 4.69) is 22.3 Å². The van der Waals surface area contributed by atoms with E-state index in [1.54, 1.807) is 11.3 Å². The first-order valence-electron chi connectivity index (χ1n) is 9.17. The highest BCUT2D eigenvalue weighted by Crippen LogP contribution is 2.39. The SMILES string of the molecule is CCOCCCNC(=O)c1cc(-c2ccccc2)c(N2CCOCC2)s1. The number of nitrogens with one attached hydrogen (secondary N) is 1. The zero-order chi connectivity index (χ0) is 18.2. The van der Waals surface area contributed by atoms with Crippen LogP contribution in [-0.2, 0) is 9.47 Å². The van der Waals surface area contributed by atoms with Crippen LogP contribution in [0, 0.1) is 0 Å². The van der Waals surface area contributed by atoms with Gasteiger partial charge in [0.15, 0.2) is 0 Å². The van der Waals surface area contributed by atoms with E-state index in [9.17, 15) is 4.79 Å². The van der Waals surface area contributed by atoms with Crippen molar-refractivity contribution in [3.05, 3.63) is 41.3 Å². The largest absolute Gasteiger partial charge is 0.382 e. The fraction of sp³-hybridized carbons (Fsp3) is 0.450. The van der Waals surface area contributed by atoms with Gasteiger partial charge < -0.3 is 19.7 Å². The Kier molecular flexibility index (Phi) is 7.05. The van der Waals surface area contributed by atoms with Gasteiger partial charge in [-0.15, -0.1) is 11.3 Å². The van der Waals surface area contributed by atoms with Crippen LogP contribution in [0.5, 0.6) is 0 Å². The lowest BCUT2D eigenvalue weighted by atomic mass is 10.1. The van der Waals surface area contributed by atoms with Gasteiger partial charge >= 0.3 is 0 Å². The molecule has 1 aliphatic rings. The van der Waals surface area contributed by atoms with Gasteiger partial charge in [0, 0.05) is 38.4 Å². The van der Waals surface area contributed by atoms with Crippen molar-refractivity contribution in [2.24, 2.45) is 0 Å². The highest BCUT2D eigenvalue weighted by molar-refractivity contribution is 7.18. The van der Waals surface area contributed by atoms with Crippen LogP contribution >= 0.6 is 11.3 Å². The summed E-state index contributed by atoms with van der Waals surface area (Å²) in [4.78, 5) is 15.6. The molecular formula is C20H26N2O3S. The number of ether oxygens (including phenoxy) is 2. The van der Waals surface area contributed by atoms with Crippen molar-refractivity contribution in [3.63, 3.8) is 0 Å². The zero-order valence-electron chi connectivity index (χ0n) is 15.2. The van der Waals surface area contributed by atoms with Gasteiger partial charge in [0.05, 0.1) is 23.1 Å². The number of anilines is 1. The minimum atomic E-state index is -0.0109. The number of nitrogens with zero attached hydrogens (tertiary/aromatic N) is 1. The van der Waals surface area contributed by atoms with Crippen molar-refractivity contribution in [2.45, 2.75) is 13.3 Å². The monoisotopic (exact) mass is 374 g/mol. The van der Waals surface area contributed by atoms with E-state index in [-0.39, 0.29) is 5.91 Å². The minimum absolute atomic E-state index is 0.0109. The molecule has 2 heterocycles. The zero-order valence-corrected chi connectivity index (χ0v) is 16.0. The maximum Gasteiger partial charge on any atom is 0.261 e. The highest BCUT2D eigenvalue weighted by atomic mass is 32.1. The normalized spacial score (nSPS) is 14.4. The number of hydrogen-bond donors (Lipinski definition) is 1. The molecule has 0 radical (unpaired) electrons. The molecular weight excluding hydrogens is 348 g/mol. The highest BCUT2D eigenvalue weighted by Gasteiger charge is 2.21. The number of hydrogen-bond acceptors (Lipinski definition) is 5. The average molecular weight is 375 g/mol. The molecule has 1 amide bonds. The van der Waals surface area contributed by atoms with Crippen molar-refractivity contribution in [2.75, 3.05) is 51.0 Å². The van der Waals surface area contributed by atoms with Gasteiger partial charge in [0.25, 0.3) is 5.91 Å². The molecule has 1 aliphatic heterocycles. The van der Waals surface area contributed by atoms with Crippen molar-refractivity contribution in [1.82, 2.24) is 5.32 Å². The fourth-order valence-electron chi connectivity index (χ4n) is 2.93. The molecule has 3 rings (SSSR count). The fourth-order valence-corrected chi connectivity index (χ4v) is 4.08. The molecule has 0 unspecified atom stereocenters. The predicted molar refractivity (Wildman–Crippen MR) is 106 cm³/mol.